The summed E-state index contributed by atoms with van der Waals surface area (Å²) in [4.78, 5) is 172. The smallest absolute Gasteiger partial charge is 0.326 e. The minimum absolute atomic E-state index is 0.0143. The molecule has 1 rings (SSSR count). The van der Waals surface area contributed by atoms with Crippen LogP contribution in [0.25, 0.3) is 0 Å². The lowest BCUT2D eigenvalue weighted by atomic mass is 9.99. The summed E-state index contributed by atoms with van der Waals surface area (Å²) in [5, 5.41) is 66.3. The molecule has 1 aromatic carbocycles. The average Bonchev–Trinajstić information content (AvgIpc) is 3.51. The Morgan fingerprint density at radius 2 is 0.784 bits per heavy atom. The van der Waals surface area contributed by atoms with E-state index in [0.717, 1.165) is 5.56 Å². The summed E-state index contributed by atoms with van der Waals surface area (Å²) in [6.07, 6.45) is -0.0748. The second kappa shape index (κ2) is 40.6. The number of unbranched alkanes of at least 4 members (excludes halogenated alkanes) is 1. The van der Waals surface area contributed by atoms with Crippen LogP contribution in [0.4, 0.5) is 0 Å². The largest absolute Gasteiger partial charge is 0.481 e. The van der Waals surface area contributed by atoms with Gasteiger partial charge in [-0.3, -0.25) is 57.5 Å². The molecule has 0 heterocycles. The van der Waals surface area contributed by atoms with Gasteiger partial charge < -0.3 is 90.4 Å². The van der Waals surface area contributed by atoms with Gasteiger partial charge in [0, 0.05) is 6.42 Å². The summed E-state index contributed by atoms with van der Waals surface area (Å²) < 4.78 is 0. The van der Waals surface area contributed by atoms with Gasteiger partial charge in [-0.05, 0) is 107 Å². The van der Waals surface area contributed by atoms with Gasteiger partial charge in [0.15, 0.2) is 0 Å². The number of carbonyl (C=O) groups excluding carboxylic acids is 11. The van der Waals surface area contributed by atoms with E-state index in [1.165, 1.54) is 13.8 Å². The molecule has 0 aliphatic heterocycles. The van der Waals surface area contributed by atoms with Crippen LogP contribution in [0.3, 0.4) is 0 Å². The number of carboxylic acids is 2. The molecule has 0 fully saturated rings. The molecule has 0 aliphatic rings. The number of carbonyl (C=O) groups is 13. The minimum atomic E-state index is -1.84. The van der Waals surface area contributed by atoms with Gasteiger partial charge in [-0.25, -0.2) is 4.79 Å². The molecule has 0 unspecified atom stereocenters. The molecule has 496 valence electrons. The van der Waals surface area contributed by atoms with E-state index >= 15 is 0 Å². The molecule has 11 atom stereocenters. The molecule has 0 radical (unpaired) electrons. The van der Waals surface area contributed by atoms with Crippen molar-refractivity contribution in [3.05, 3.63) is 35.9 Å². The zero-order valence-corrected chi connectivity index (χ0v) is 52.2. The van der Waals surface area contributed by atoms with E-state index in [4.69, 9.17) is 11.5 Å². The van der Waals surface area contributed by atoms with Crippen molar-refractivity contribution in [3.8, 4) is 0 Å². The SMILES string of the molecule is CC(C)C[C@H](NC(=O)[C@H](C)NC(=O)CNC(=O)[C@H](CCCCN)NC(=O)[C@H](CC(C)C)NC(=O)[C@H](CC(C)C)NC(=O)[C@H](CO)NC(=O)[C@H](CCC(=O)O)NC(=O)[C@H](CO)NC(=O)[C@H](C)NC(=O)[C@H](CC(C)C)NC(=O)[C@@H](N)Cc1ccccc1)C(=O)O. The van der Waals surface area contributed by atoms with Crippen molar-refractivity contribution in [2.75, 3.05) is 26.3 Å². The van der Waals surface area contributed by atoms with E-state index in [2.05, 4.69) is 58.5 Å². The highest BCUT2D eigenvalue weighted by molar-refractivity contribution is 5.99. The molecule has 0 aliphatic carbocycles. The quantitative estimate of drug-likeness (QED) is 0.0287. The van der Waals surface area contributed by atoms with Gasteiger partial charge in [-0.1, -0.05) is 85.7 Å². The lowest BCUT2D eigenvalue weighted by Crippen LogP contribution is -2.61. The Bertz CT molecular complexity index is 2480. The number of hydrogen-bond acceptors (Lipinski definition) is 17. The molecule has 0 spiro atoms. The monoisotopic (exact) mass is 1250 g/mol. The third-order valence-electron chi connectivity index (χ3n) is 13.4. The fourth-order valence-corrected chi connectivity index (χ4v) is 8.71. The molecule has 0 bridgehead atoms. The predicted octanol–water partition coefficient (Wildman–Crippen LogP) is -3.19. The molecule has 19 N–H and O–H groups in total. The Hall–Kier alpha value is -7.83. The maximum Gasteiger partial charge on any atom is 0.326 e. The van der Waals surface area contributed by atoms with E-state index in [1.54, 1.807) is 85.7 Å². The summed E-state index contributed by atoms with van der Waals surface area (Å²) in [5.74, 6) is -13.4. The topological polar surface area (TPSA) is 487 Å². The Morgan fingerprint density at radius 1 is 0.420 bits per heavy atom. The molecule has 30 heteroatoms. The fraction of sp³-hybridized carbons (Fsp3) is 0.672. The number of aliphatic hydroxyl groups is 2. The molecule has 30 nitrogen and oxygen atoms in total. The Kier molecular flexibility index (Phi) is 36.1. The van der Waals surface area contributed by atoms with E-state index in [9.17, 15) is 82.8 Å². The zero-order chi connectivity index (χ0) is 67.0. The first-order chi connectivity index (χ1) is 41.2. The van der Waals surface area contributed by atoms with Crippen LogP contribution in [0.1, 0.15) is 133 Å². The highest BCUT2D eigenvalue weighted by atomic mass is 16.4. The Balaban J connectivity index is 3.23. The third kappa shape index (κ3) is 30.7. The van der Waals surface area contributed by atoms with Gasteiger partial charge in [-0.2, -0.15) is 0 Å². The van der Waals surface area contributed by atoms with Gasteiger partial charge >= 0.3 is 11.9 Å². The summed E-state index contributed by atoms with van der Waals surface area (Å²) in [6.45, 7) is 14.1. The normalized spacial score (nSPS) is 15.0. The molecule has 0 saturated carbocycles. The molecule has 0 saturated heterocycles. The van der Waals surface area contributed by atoms with E-state index < -0.39 is 176 Å². The van der Waals surface area contributed by atoms with Crippen LogP contribution in [-0.2, 0) is 68.7 Å². The summed E-state index contributed by atoms with van der Waals surface area (Å²) in [5.41, 5.74) is 12.6. The van der Waals surface area contributed by atoms with Crippen LogP contribution < -0.4 is 70.0 Å². The first-order valence-corrected chi connectivity index (χ1v) is 29.7. The number of hydrogen-bond donors (Lipinski definition) is 17. The maximum atomic E-state index is 14.1. The second-order valence-corrected chi connectivity index (χ2v) is 23.5. The number of amides is 11. The first kappa shape index (κ1) is 78.2. The maximum absolute atomic E-state index is 14.1. The van der Waals surface area contributed by atoms with Crippen molar-refractivity contribution in [2.45, 2.75) is 200 Å². The third-order valence-corrected chi connectivity index (χ3v) is 13.4. The lowest BCUT2D eigenvalue weighted by molar-refractivity contribution is -0.142. The van der Waals surface area contributed by atoms with Crippen LogP contribution in [-0.4, -0.2) is 190 Å². The zero-order valence-electron chi connectivity index (χ0n) is 52.2. The van der Waals surface area contributed by atoms with Crippen LogP contribution >= 0.6 is 0 Å². The molecule has 1 aromatic rings. The molecule has 88 heavy (non-hydrogen) atoms. The summed E-state index contributed by atoms with van der Waals surface area (Å²) in [6, 6.07) is -6.38. The fourth-order valence-electron chi connectivity index (χ4n) is 8.71. The number of nitrogens with one attached hydrogen (secondary N) is 11. The van der Waals surface area contributed by atoms with E-state index in [-0.39, 0.29) is 68.7 Å². The minimum Gasteiger partial charge on any atom is -0.481 e. The Morgan fingerprint density at radius 3 is 1.22 bits per heavy atom. The number of nitrogens with two attached hydrogens (primary N) is 2. The summed E-state index contributed by atoms with van der Waals surface area (Å²) in [7, 11) is 0. The van der Waals surface area contributed by atoms with Crippen molar-refractivity contribution < 1.29 is 82.8 Å². The van der Waals surface area contributed by atoms with Crippen molar-refractivity contribution in [3.63, 3.8) is 0 Å². The van der Waals surface area contributed by atoms with Crippen LogP contribution in [0, 0.1) is 23.7 Å². The standard InChI is InChI=1S/C58H97N13O17/c1-30(2)22-40(66-50(79)37(60)26-36-16-12-11-13-17-36)53(82)63-35(10)49(78)70-44(28-72)56(85)65-39(19-20-47(75)76)52(81)71-45(29-73)57(86)68-42(24-32(5)6)55(84)67-41(23-31(3)4)54(83)64-38(18-14-15-21-59)51(80)61-27-46(74)62-34(9)48(77)69-43(58(87)88)25-33(7)8/h11-13,16-17,30-35,37-45,72-73H,14-15,18-29,59-60H2,1-10H3,(H,61,80)(H,62,74)(H,63,82)(H,64,83)(H,65,85)(H,66,79)(H,67,84)(H,68,86)(H,69,77)(H,70,78)(H,71,81)(H,75,76)(H,87,88)/t34-,35-,37-,38-,39-,40-,41-,42-,43-,44-,45-/m0/s1. The number of rotatable bonds is 42. The van der Waals surface area contributed by atoms with Crippen LogP contribution in [0.2, 0.25) is 0 Å². The number of aliphatic carboxylic acids is 2. The van der Waals surface area contributed by atoms with Crippen molar-refractivity contribution in [2.24, 2.45) is 35.1 Å². The lowest BCUT2D eigenvalue weighted by Gasteiger charge is -2.28. The van der Waals surface area contributed by atoms with Gasteiger partial charge in [-0.15, -0.1) is 0 Å². The number of benzene rings is 1. The van der Waals surface area contributed by atoms with Gasteiger partial charge in [0.05, 0.1) is 25.8 Å². The molecular weight excluding hydrogens is 1150 g/mol. The van der Waals surface area contributed by atoms with Crippen molar-refractivity contribution >= 4 is 76.9 Å². The molecule has 11 amide bonds. The van der Waals surface area contributed by atoms with Crippen LogP contribution in [0.15, 0.2) is 30.3 Å². The number of aliphatic hydroxyl groups excluding tert-OH is 2. The highest BCUT2D eigenvalue weighted by Crippen LogP contribution is 2.13. The van der Waals surface area contributed by atoms with Gasteiger partial charge in [0.2, 0.25) is 65.0 Å². The highest BCUT2D eigenvalue weighted by Gasteiger charge is 2.36. The number of carboxylic acid groups (broad SMARTS) is 2. The van der Waals surface area contributed by atoms with E-state index in [0.29, 0.717) is 12.8 Å². The first-order valence-electron chi connectivity index (χ1n) is 29.7. The van der Waals surface area contributed by atoms with Crippen LogP contribution in [0.5, 0.6) is 0 Å². The van der Waals surface area contributed by atoms with Crippen molar-refractivity contribution in [1.29, 1.82) is 0 Å². The predicted molar refractivity (Wildman–Crippen MR) is 321 cm³/mol. The summed E-state index contributed by atoms with van der Waals surface area (Å²) >= 11 is 0. The van der Waals surface area contributed by atoms with Gasteiger partial charge in [0.1, 0.15) is 60.4 Å². The van der Waals surface area contributed by atoms with Crippen molar-refractivity contribution in [1.82, 2.24) is 58.5 Å². The van der Waals surface area contributed by atoms with E-state index in [1.807, 2.05) is 0 Å². The average molecular weight is 1250 g/mol. The second-order valence-electron chi connectivity index (χ2n) is 23.5. The Labute approximate surface area is 513 Å². The molecule has 0 aromatic heterocycles. The van der Waals surface area contributed by atoms with Gasteiger partial charge in [0.25, 0.3) is 0 Å². The molecular formula is C58H97N13O17.